The number of carbonyl (C=O) groups is 2. The summed E-state index contributed by atoms with van der Waals surface area (Å²) in [4.78, 5) is 22.8. The molecule has 7 heteroatoms. The molecule has 2 aromatic carbocycles. The molecule has 26 heavy (non-hydrogen) atoms. The Balaban J connectivity index is 1.89. The van der Waals surface area contributed by atoms with Gasteiger partial charge in [0.05, 0.1) is 12.1 Å². The third-order valence-corrected chi connectivity index (χ3v) is 3.25. The number of amides is 2. The highest BCUT2D eigenvalue weighted by Gasteiger charge is 2.30. The van der Waals surface area contributed by atoms with Gasteiger partial charge in [0.1, 0.15) is 0 Å². The fourth-order valence-electron chi connectivity index (χ4n) is 2.02. The highest BCUT2D eigenvalue weighted by Crippen LogP contribution is 2.29. The van der Waals surface area contributed by atoms with Crippen molar-refractivity contribution >= 4 is 17.5 Å². The average molecular weight is 360 g/mol. The molecule has 0 aromatic heterocycles. The Morgan fingerprint density at radius 1 is 1.00 bits per heavy atom. The maximum atomic E-state index is 12.5. The highest BCUT2D eigenvalue weighted by molar-refractivity contribution is 5.94. The Labute approximate surface area is 148 Å². The van der Waals surface area contributed by atoms with Crippen LogP contribution in [0.2, 0.25) is 0 Å². The molecule has 2 amide bonds. The van der Waals surface area contributed by atoms with E-state index >= 15 is 0 Å². The first-order chi connectivity index (χ1) is 12.3. The van der Waals surface area contributed by atoms with E-state index in [1.165, 1.54) is 6.92 Å². The van der Waals surface area contributed by atoms with Crippen LogP contribution in [0.25, 0.3) is 0 Å². The quantitative estimate of drug-likeness (QED) is 0.824. The van der Waals surface area contributed by atoms with Crippen molar-refractivity contribution in [2.45, 2.75) is 13.1 Å². The predicted molar refractivity (Wildman–Crippen MR) is 91.4 cm³/mol. The van der Waals surface area contributed by atoms with Gasteiger partial charge in [0.25, 0.3) is 5.91 Å². The molecule has 2 rings (SSSR count). The number of benzene rings is 2. The second-order valence-electron chi connectivity index (χ2n) is 5.32. The number of hydrogen-bond donors (Lipinski definition) is 2. The van der Waals surface area contributed by atoms with E-state index in [9.17, 15) is 22.8 Å². The summed E-state index contributed by atoms with van der Waals surface area (Å²) in [6.07, 6.45) is -4.43. The van der Waals surface area contributed by atoms with E-state index in [-0.39, 0.29) is 18.0 Å². The number of alkyl halides is 3. The summed E-state index contributed by atoms with van der Waals surface area (Å²) in [6, 6.07) is 10.8. The van der Waals surface area contributed by atoms with E-state index in [1.54, 1.807) is 24.3 Å². The van der Waals surface area contributed by atoms with Crippen LogP contribution in [0.1, 0.15) is 28.4 Å². The highest BCUT2D eigenvalue weighted by atomic mass is 19.4. The van der Waals surface area contributed by atoms with Gasteiger partial charge in [-0.3, -0.25) is 9.59 Å². The molecular weight excluding hydrogens is 345 g/mol. The van der Waals surface area contributed by atoms with Crippen LogP contribution in [0, 0.1) is 11.8 Å². The van der Waals surface area contributed by atoms with Gasteiger partial charge < -0.3 is 10.6 Å². The molecule has 0 fully saturated rings. The van der Waals surface area contributed by atoms with Crippen LogP contribution in [0.5, 0.6) is 0 Å². The van der Waals surface area contributed by atoms with Crippen molar-refractivity contribution in [3.63, 3.8) is 0 Å². The van der Waals surface area contributed by atoms with Gasteiger partial charge in [0.15, 0.2) is 0 Å². The van der Waals surface area contributed by atoms with Crippen molar-refractivity contribution in [1.29, 1.82) is 0 Å². The molecule has 0 atom stereocenters. The lowest BCUT2D eigenvalue weighted by molar-refractivity contribution is -0.137. The van der Waals surface area contributed by atoms with E-state index in [0.29, 0.717) is 11.3 Å². The molecule has 0 aliphatic carbocycles. The minimum Gasteiger partial charge on any atom is -0.341 e. The van der Waals surface area contributed by atoms with Gasteiger partial charge in [-0.2, -0.15) is 13.2 Å². The molecule has 0 aliphatic heterocycles. The van der Waals surface area contributed by atoms with Gasteiger partial charge in [0.2, 0.25) is 5.91 Å². The minimum absolute atomic E-state index is 0.0489. The van der Waals surface area contributed by atoms with Gasteiger partial charge in [-0.15, -0.1) is 0 Å². The largest absolute Gasteiger partial charge is 0.416 e. The number of hydrogen-bond acceptors (Lipinski definition) is 2. The lowest BCUT2D eigenvalue weighted by Gasteiger charge is -2.07. The molecule has 0 heterocycles. The molecule has 2 N–H and O–H groups in total. The molecule has 134 valence electrons. The fraction of sp³-hybridized carbons (Fsp3) is 0.158. The molecule has 0 bridgehead atoms. The number of nitrogens with one attached hydrogen (secondary N) is 2. The Bertz CT molecular complexity index is 846. The second-order valence-corrected chi connectivity index (χ2v) is 5.32. The molecule has 0 saturated carbocycles. The van der Waals surface area contributed by atoms with Crippen molar-refractivity contribution in [2.24, 2.45) is 0 Å². The first-order valence-corrected chi connectivity index (χ1v) is 7.58. The molecule has 0 saturated heterocycles. The molecule has 2 aromatic rings. The topological polar surface area (TPSA) is 58.2 Å². The van der Waals surface area contributed by atoms with Crippen LogP contribution >= 0.6 is 0 Å². The molecular formula is C19H15F3N2O2. The average Bonchev–Trinajstić information content (AvgIpc) is 2.59. The zero-order valence-electron chi connectivity index (χ0n) is 13.8. The molecule has 0 aliphatic rings. The van der Waals surface area contributed by atoms with Crippen molar-refractivity contribution in [1.82, 2.24) is 5.32 Å². The summed E-state index contributed by atoms with van der Waals surface area (Å²) in [5.74, 6) is 4.91. The third-order valence-electron chi connectivity index (χ3n) is 3.25. The Morgan fingerprint density at radius 2 is 1.62 bits per heavy atom. The van der Waals surface area contributed by atoms with E-state index < -0.39 is 17.6 Å². The van der Waals surface area contributed by atoms with Crippen LogP contribution in [0.3, 0.4) is 0 Å². The standard InChI is InChI=1S/C19H15F3N2O2/c1-13(25)24-17-10-4-14(5-11-17)3-2-12-23-18(26)15-6-8-16(9-7-15)19(20,21)22/h4-11H,12H2,1H3,(H,23,26)(H,24,25). The van der Waals surface area contributed by atoms with E-state index in [4.69, 9.17) is 0 Å². The minimum atomic E-state index is -4.43. The van der Waals surface area contributed by atoms with Crippen molar-refractivity contribution in [2.75, 3.05) is 11.9 Å². The lowest BCUT2D eigenvalue weighted by atomic mass is 10.1. The van der Waals surface area contributed by atoms with E-state index in [1.807, 2.05) is 0 Å². The van der Waals surface area contributed by atoms with Crippen LogP contribution in [-0.2, 0) is 11.0 Å². The van der Waals surface area contributed by atoms with Crippen molar-refractivity contribution in [3.05, 3.63) is 65.2 Å². The summed E-state index contributed by atoms with van der Waals surface area (Å²) < 4.78 is 37.4. The van der Waals surface area contributed by atoms with E-state index in [2.05, 4.69) is 22.5 Å². The van der Waals surface area contributed by atoms with Gasteiger partial charge >= 0.3 is 6.18 Å². The molecule has 0 spiro atoms. The summed E-state index contributed by atoms with van der Waals surface area (Å²) in [7, 11) is 0. The SMILES string of the molecule is CC(=O)Nc1ccc(C#CCNC(=O)c2ccc(C(F)(F)F)cc2)cc1. The van der Waals surface area contributed by atoms with Gasteiger partial charge in [-0.25, -0.2) is 0 Å². The van der Waals surface area contributed by atoms with Gasteiger partial charge in [-0.1, -0.05) is 11.8 Å². The summed E-state index contributed by atoms with van der Waals surface area (Å²) in [5.41, 5.74) is 0.664. The summed E-state index contributed by atoms with van der Waals surface area (Å²) in [5, 5.41) is 5.15. The molecule has 0 radical (unpaired) electrons. The van der Waals surface area contributed by atoms with Crippen LogP contribution in [-0.4, -0.2) is 18.4 Å². The Morgan fingerprint density at radius 3 is 2.15 bits per heavy atom. The lowest BCUT2D eigenvalue weighted by Crippen LogP contribution is -2.23. The smallest absolute Gasteiger partial charge is 0.341 e. The molecule has 4 nitrogen and oxygen atoms in total. The normalized spacial score (nSPS) is 10.5. The van der Waals surface area contributed by atoms with Gasteiger partial charge in [0, 0.05) is 23.7 Å². The van der Waals surface area contributed by atoms with E-state index in [0.717, 1.165) is 24.3 Å². The van der Waals surface area contributed by atoms with Gasteiger partial charge in [-0.05, 0) is 48.5 Å². The van der Waals surface area contributed by atoms with Crippen LogP contribution in [0.4, 0.5) is 18.9 Å². The number of halogens is 3. The maximum Gasteiger partial charge on any atom is 0.416 e. The second kappa shape index (κ2) is 8.21. The summed E-state index contributed by atoms with van der Waals surface area (Å²) in [6.45, 7) is 1.46. The van der Waals surface area contributed by atoms with Crippen molar-refractivity contribution in [3.8, 4) is 11.8 Å². The van der Waals surface area contributed by atoms with Crippen molar-refractivity contribution < 1.29 is 22.8 Å². The Kier molecular flexibility index (Phi) is 6.02. The number of rotatable bonds is 3. The Hall–Kier alpha value is -3.27. The molecule has 0 unspecified atom stereocenters. The van der Waals surface area contributed by atoms with Crippen LogP contribution in [0.15, 0.2) is 48.5 Å². The number of anilines is 1. The summed E-state index contributed by atoms with van der Waals surface area (Å²) >= 11 is 0. The predicted octanol–water partition coefficient (Wildman–Crippen LogP) is 3.45. The number of carbonyl (C=O) groups excluding carboxylic acids is 2. The first kappa shape index (κ1) is 19.1. The fourth-order valence-corrected chi connectivity index (χ4v) is 2.02. The zero-order chi connectivity index (χ0) is 19.2. The van der Waals surface area contributed by atoms with Crippen LogP contribution < -0.4 is 10.6 Å². The monoisotopic (exact) mass is 360 g/mol. The first-order valence-electron chi connectivity index (χ1n) is 7.58. The zero-order valence-corrected chi connectivity index (χ0v) is 13.8. The third kappa shape index (κ3) is 5.67. The maximum absolute atomic E-state index is 12.5.